The van der Waals surface area contributed by atoms with Gasteiger partial charge in [-0.15, -0.1) is 0 Å². The number of halogens is 2. The van der Waals surface area contributed by atoms with Crippen LogP contribution in [0.15, 0.2) is 28.9 Å². The van der Waals surface area contributed by atoms with E-state index in [-0.39, 0.29) is 0 Å². The second-order valence-corrected chi connectivity index (χ2v) is 5.06. The first kappa shape index (κ1) is 12.5. The summed E-state index contributed by atoms with van der Waals surface area (Å²) in [5, 5.41) is 4.99. The van der Waals surface area contributed by atoms with Crippen LogP contribution in [0, 0.1) is 0 Å². The topological polar surface area (TPSA) is 69.9 Å². The predicted octanol–water partition coefficient (Wildman–Crippen LogP) is 2.92. The first-order valence-electron chi connectivity index (χ1n) is 5.54. The van der Waals surface area contributed by atoms with Crippen molar-refractivity contribution >= 4 is 34.3 Å². The number of hydrogen-bond acceptors (Lipinski definition) is 4. The van der Waals surface area contributed by atoms with Gasteiger partial charge in [0.15, 0.2) is 5.58 Å². The van der Waals surface area contributed by atoms with Crippen molar-refractivity contribution in [3.05, 3.63) is 46.0 Å². The molecule has 0 saturated carbocycles. The average molecular weight is 297 g/mol. The molecule has 0 aliphatic carbocycles. The molecule has 1 atom stereocenters. The van der Waals surface area contributed by atoms with Gasteiger partial charge in [-0.2, -0.15) is 5.10 Å². The Morgan fingerprint density at radius 2 is 2.16 bits per heavy atom. The zero-order chi connectivity index (χ0) is 13.6. The Hall–Kier alpha value is -1.56. The Morgan fingerprint density at radius 3 is 2.84 bits per heavy atom. The van der Waals surface area contributed by atoms with Crippen molar-refractivity contribution in [2.45, 2.75) is 6.04 Å². The monoisotopic (exact) mass is 296 g/mol. The van der Waals surface area contributed by atoms with Gasteiger partial charge in [0.2, 0.25) is 5.89 Å². The largest absolute Gasteiger partial charge is 0.437 e. The zero-order valence-corrected chi connectivity index (χ0v) is 11.5. The highest BCUT2D eigenvalue weighted by Gasteiger charge is 2.19. The fraction of sp³-hybridized carbons (Fsp3) is 0.167. The summed E-state index contributed by atoms with van der Waals surface area (Å²) in [6.07, 6.45) is 3.49. The molecule has 2 aromatic heterocycles. The summed E-state index contributed by atoms with van der Waals surface area (Å²) in [6, 6.07) is 2.80. The Balaban J connectivity index is 2.08. The fourth-order valence-corrected chi connectivity index (χ4v) is 2.37. The van der Waals surface area contributed by atoms with Gasteiger partial charge in [-0.05, 0) is 12.1 Å². The van der Waals surface area contributed by atoms with Crippen molar-refractivity contribution in [1.29, 1.82) is 0 Å². The van der Waals surface area contributed by atoms with Gasteiger partial charge in [-0.1, -0.05) is 23.2 Å². The van der Waals surface area contributed by atoms with E-state index < -0.39 is 6.04 Å². The van der Waals surface area contributed by atoms with Crippen molar-refractivity contribution in [3.63, 3.8) is 0 Å². The van der Waals surface area contributed by atoms with Gasteiger partial charge in [0.25, 0.3) is 0 Å². The van der Waals surface area contributed by atoms with E-state index in [2.05, 4.69) is 10.1 Å². The summed E-state index contributed by atoms with van der Waals surface area (Å²) in [5.74, 6) is 0.382. The average Bonchev–Trinajstić information content (AvgIpc) is 2.94. The molecule has 2 N–H and O–H groups in total. The summed E-state index contributed by atoms with van der Waals surface area (Å²) >= 11 is 12.0. The predicted molar refractivity (Wildman–Crippen MR) is 73.3 cm³/mol. The highest BCUT2D eigenvalue weighted by Crippen LogP contribution is 2.30. The zero-order valence-electron chi connectivity index (χ0n) is 9.97. The summed E-state index contributed by atoms with van der Waals surface area (Å²) in [4.78, 5) is 4.32. The Labute approximate surface area is 118 Å². The van der Waals surface area contributed by atoms with Crippen molar-refractivity contribution < 1.29 is 4.42 Å². The SMILES string of the molecule is Cn1cc(C(N)c2nc3cc(Cl)cc(Cl)c3o2)cn1. The van der Waals surface area contributed by atoms with Gasteiger partial charge in [-0.3, -0.25) is 4.68 Å². The molecule has 3 aromatic rings. The highest BCUT2D eigenvalue weighted by atomic mass is 35.5. The van der Waals surface area contributed by atoms with Gasteiger partial charge >= 0.3 is 0 Å². The minimum Gasteiger partial charge on any atom is -0.437 e. The lowest BCUT2D eigenvalue weighted by atomic mass is 10.2. The maximum atomic E-state index is 6.10. The molecular formula is C12H10Cl2N4O. The van der Waals surface area contributed by atoms with Crippen LogP contribution in [0.1, 0.15) is 17.5 Å². The van der Waals surface area contributed by atoms with Gasteiger partial charge in [0.05, 0.1) is 11.2 Å². The van der Waals surface area contributed by atoms with Crippen LogP contribution in [0.3, 0.4) is 0 Å². The van der Waals surface area contributed by atoms with Crippen molar-refractivity contribution in [2.24, 2.45) is 12.8 Å². The molecule has 0 radical (unpaired) electrons. The number of benzene rings is 1. The second-order valence-electron chi connectivity index (χ2n) is 4.21. The molecule has 0 spiro atoms. The molecule has 3 rings (SSSR count). The molecule has 1 unspecified atom stereocenters. The number of aryl methyl sites for hydroxylation is 1. The normalized spacial score (nSPS) is 13.1. The third-order valence-corrected chi connectivity index (χ3v) is 3.28. The maximum Gasteiger partial charge on any atom is 0.217 e. The van der Waals surface area contributed by atoms with Crippen LogP contribution >= 0.6 is 23.2 Å². The second kappa shape index (κ2) is 4.52. The van der Waals surface area contributed by atoms with E-state index in [4.69, 9.17) is 33.4 Å². The van der Waals surface area contributed by atoms with E-state index in [9.17, 15) is 0 Å². The Kier molecular flexibility index (Phi) is 2.97. The molecular weight excluding hydrogens is 287 g/mol. The molecule has 0 fully saturated rings. The van der Waals surface area contributed by atoms with E-state index in [0.717, 1.165) is 5.56 Å². The number of oxazole rings is 1. The highest BCUT2D eigenvalue weighted by molar-refractivity contribution is 6.37. The van der Waals surface area contributed by atoms with E-state index >= 15 is 0 Å². The molecule has 0 saturated heterocycles. The summed E-state index contributed by atoms with van der Waals surface area (Å²) in [6.45, 7) is 0. The third kappa shape index (κ3) is 2.20. The fourth-order valence-electron chi connectivity index (χ4n) is 1.85. The van der Waals surface area contributed by atoms with E-state index in [1.165, 1.54) is 0 Å². The summed E-state index contributed by atoms with van der Waals surface area (Å²) in [7, 11) is 1.82. The minimum atomic E-state index is -0.490. The number of nitrogens with zero attached hydrogens (tertiary/aromatic N) is 3. The summed E-state index contributed by atoms with van der Waals surface area (Å²) < 4.78 is 7.28. The summed E-state index contributed by atoms with van der Waals surface area (Å²) in [5.41, 5.74) is 7.99. The number of fused-ring (bicyclic) bond motifs is 1. The molecule has 0 aliphatic rings. The maximum absolute atomic E-state index is 6.10. The minimum absolute atomic E-state index is 0.382. The van der Waals surface area contributed by atoms with Gasteiger partial charge < -0.3 is 10.2 Å². The van der Waals surface area contributed by atoms with Crippen molar-refractivity contribution in [3.8, 4) is 0 Å². The lowest BCUT2D eigenvalue weighted by molar-refractivity contribution is 0.505. The first-order chi connectivity index (χ1) is 9.04. The van der Waals surface area contributed by atoms with Crippen LogP contribution in [0.5, 0.6) is 0 Å². The Bertz CT molecular complexity index is 749. The van der Waals surface area contributed by atoms with Crippen LogP contribution in [-0.2, 0) is 7.05 Å². The van der Waals surface area contributed by atoms with Crippen LogP contribution in [-0.4, -0.2) is 14.8 Å². The molecule has 98 valence electrons. The van der Waals surface area contributed by atoms with Crippen LogP contribution in [0.25, 0.3) is 11.1 Å². The lowest BCUT2D eigenvalue weighted by Gasteiger charge is -2.02. The van der Waals surface area contributed by atoms with Gasteiger partial charge in [-0.25, -0.2) is 4.98 Å². The van der Waals surface area contributed by atoms with Gasteiger partial charge in [0, 0.05) is 23.8 Å². The van der Waals surface area contributed by atoms with E-state index in [0.29, 0.717) is 27.0 Å². The van der Waals surface area contributed by atoms with Crippen molar-refractivity contribution in [2.75, 3.05) is 0 Å². The third-order valence-electron chi connectivity index (χ3n) is 2.78. The molecule has 7 heteroatoms. The lowest BCUT2D eigenvalue weighted by Crippen LogP contribution is -2.11. The van der Waals surface area contributed by atoms with Crippen LogP contribution in [0.2, 0.25) is 10.0 Å². The van der Waals surface area contributed by atoms with Crippen LogP contribution in [0.4, 0.5) is 0 Å². The standard InChI is InChI=1S/C12H10Cl2N4O/c1-18-5-6(4-16-18)10(15)12-17-9-3-7(13)2-8(14)11(9)19-12/h2-5,10H,15H2,1H3. The van der Waals surface area contributed by atoms with Crippen LogP contribution < -0.4 is 5.73 Å². The molecule has 5 nitrogen and oxygen atoms in total. The number of nitrogens with two attached hydrogens (primary N) is 1. The Morgan fingerprint density at radius 1 is 1.37 bits per heavy atom. The van der Waals surface area contributed by atoms with E-state index in [1.807, 2.05) is 13.2 Å². The molecule has 0 aliphatic heterocycles. The first-order valence-corrected chi connectivity index (χ1v) is 6.30. The number of hydrogen-bond donors (Lipinski definition) is 1. The van der Waals surface area contributed by atoms with Crippen molar-refractivity contribution in [1.82, 2.24) is 14.8 Å². The molecule has 0 amide bonds. The molecule has 0 bridgehead atoms. The molecule has 19 heavy (non-hydrogen) atoms. The molecule has 2 heterocycles. The quantitative estimate of drug-likeness (QED) is 0.789. The van der Waals surface area contributed by atoms with Gasteiger partial charge in [0.1, 0.15) is 11.6 Å². The van der Waals surface area contributed by atoms with E-state index in [1.54, 1.807) is 23.0 Å². The number of aromatic nitrogens is 3. The number of rotatable bonds is 2. The smallest absolute Gasteiger partial charge is 0.217 e. The molecule has 1 aromatic carbocycles.